The fourth-order valence-corrected chi connectivity index (χ4v) is 3.52. The molecule has 3 aliphatic rings. The second-order valence-corrected chi connectivity index (χ2v) is 6.05. The van der Waals surface area contributed by atoms with Crippen molar-refractivity contribution < 1.29 is 19.2 Å². The maximum atomic E-state index is 12.4. The van der Waals surface area contributed by atoms with E-state index in [1.165, 1.54) is 4.90 Å². The van der Waals surface area contributed by atoms with Crippen molar-refractivity contribution in [2.75, 3.05) is 19.6 Å². The molecule has 21 heavy (non-hydrogen) atoms. The zero-order valence-electron chi connectivity index (χ0n) is 11.8. The number of piperazine rings is 1. The zero-order chi connectivity index (χ0) is 15.0. The van der Waals surface area contributed by atoms with Crippen LogP contribution in [-0.4, -0.2) is 59.1 Å². The van der Waals surface area contributed by atoms with E-state index in [1.54, 1.807) is 0 Å². The Morgan fingerprint density at radius 2 is 1.67 bits per heavy atom. The average Bonchev–Trinajstić information content (AvgIpc) is 3.05. The molecule has 0 spiro atoms. The Kier molecular flexibility index (Phi) is 3.65. The lowest BCUT2D eigenvalue weighted by Gasteiger charge is -2.28. The van der Waals surface area contributed by atoms with Gasteiger partial charge in [-0.2, -0.15) is 0 Å². The predicted molar refractivity (Wildman–Crippen MR) is 71.8 cm³/mol. The van der Waals surface area contributed by atoms with Gasteiger partial charge in [-0.15, -0.1) is 0 Å². The molecule has 1 atom stereocenters. The van der Waals surface area contributed by atoms with Crippen LogP contribution in [0.5, 0.6) is 0 Å². The lowest BCUT2D eigenvalue weighted by molar-refractivity contribution is -0.147. The summed E-state index contributed by atoms with van der Waals surface area (Å²) in [6.07, 6.45) is 4.48. The summed E-state index contributed by atoms with van der Waals surface area (Å²) >= 11 is 0. The van der Waals surface area contributed by atoms with Crippen molar-refractivity contribution in [1.82, 2.24) is 15.1 Å². The number of rotatable bonds is 2. The molecule has 4 amide bonds. The van der Waals surface area contributed by atoms with E-state index in [1.807, 2.05) is 4.90 Å². The van der Waals surface area contributed by atoms with E-state index in [-0.39, 0.29) is 37.4 Å². The molecule has 114 valence electrons. The molecule has 1 N–H and O–H groups in total. The Balaban J connectivity index is 1.64. The third-order valence-electron chi connectivity index (χ3n) is 4.53. The Labute approximate surface area is 122 Å². The minimum Gasteiger partial charge on any atom is -0.339 e. The lowest BCUT2D eigenvalue weighted by Crippen LogP contribution is -2.54. The van der Waals surface area contributed by atoms with Crippen LogP contribution in [0.2, 0.25) is 0 Å². The van der Waals surface area contributed by atoms with Crippen LogP contribution in [0, 0.1) is 5.92 Å². The normalized spacial score (nSPS) is 27.4. The molecule has 3 rings (SSSR count). The summed E-state index contributed by atoms with van der Waals surface area (Å²) < 4.78 is 0. The second kappa shape index (κ2) is 5.46. The van der Waals surface area contributed by atoms with Crippen molar-refractivity contribution in [2.24, 2.45) is 5.92 Å². The van der Waals surface area contributed by atoms with Crippen molar-refractivity contribution in [2.45, 2.75) is 38.1 Å². The van der Waals surface area contributed by atoms with Crippen LogP contribution in [0.4, 0.5) is 0 Å². The molecule has 1 saturated carbocycles. The van der Waals surface area contributed by atoms with Gasteiger partial charge in [-0.1, -0.05) is 12.8 Å². The molecule has 0 aromatic heterocycles. The zero-order valence-corrected chi connectivity index (χ0v) is 11.8. The highest BCUT2D eigenvalue weighted by Gasteiger charge is 2.41. The molecule has 0 aromatic rings. The highest BCUT2D eigenvalue weighted by molar-refractivity contribution is 6.03. The number of imide groups is 1. The van der Waals surface area contributed by atoms with E-state index < -0.39 is 17.7 Å². The lowest BCUT2D eigenvalue weighted by atomic mass is 10.1. The van der Waals surface area contributed by atoms with Gasteiger partial charge < -0.3 is 9.80 Å². The van der Waals surface area contributed by atoms with Crippen LogP contribution in [-0.2, 0) is 19.2 Å². The van der Waals surface area contributed by atoms with Crippen LogP contribution in [0.3, 0.4) is 0 Å². The van der Waals surface area contributed by atoms with Crippen LogP contribution in [0.1, 0.15) is 32.1 Å². The van der Waals surface area contributed by atoms with Crippen molar-refractivity contribution in [1.29, 1.82) is 0 Å². The largest absolute Gasteiger partial charge is 0.339 e. The first-order chi connectivity index (χ1) is 10.0. The summed E-state index contributed by atoms with van der Waals surface area (Å²) in [7, 11) is 0. The molecular formula is C14H19N3O4. The number of amides is 4. The second-order valence-electron chi connectivity index (χ2n) is 6.05. The van der Waals surface area contributed by atoms with Crippen molar-refractivity contribution in [3.05, 3.63) is 0 Å². The van der Waals surface area contributed by atoms with Crippen LogP contribution in [0.25, 0.3) is 0 Å². The molecule has 0 aromatic carbocycles. The maximum absolute atomic E-state index is 12.4. The van der Waals surface area contributed by atoms with Gasteiger partial charge in [-0.05, 0) is 12.8 Å². The van der Waals surface area contributed by atoms with E-state index in [0.717, 1.165) is 25.7 Å². The van der Waals surface area contributed by atoms with Gasteiger partial charge in [0.05, 0.1) is 5.92 Å². The summed E-state index contributed by atoms with van der Waals surface area (Å²) in [5.74, 6) is -1.58. The minimum absolute atomic E-state index is 0.0213. The van der Waals surface area contributed by atoms with Gasteiger partial charge in [0, 0.05) is 19.0 Å². The molecule has 7 nitrogen and oxygen atoms in total. The smallest absolute Gasteiger partial charge is 0.246 e. The van der Waals surface area contributed by atoms with Gasteiger partial charge in [0.15, 0.2) is 0 Å². The topological polar surface area (TPSA) is 86.8 Å². The third-order valence-corrected chi connectivity index (χ3v) is 4.53. The Morgan fingerprint density at radius 1 is 1.05 bits per heavy atom. The maximum Gasteiger partial charge on any atom is 0.246 e. The minimum atomic E-state index is -0.462. The van der Waals surface area contributed by atoms with Gasteiger partial charge in [-0.25, -0.2) is 0 Å². The molecule has 7 heteroatoms. The number of hydrogen-bond acceptors (Lipinski definition) is 4. The first-order valence-corrected chi connectivity index (χ1v) is 7.45. The van der Waals surface area contributed by atoms with Gasteiger partial charge in [0.1, 0.15) is 13.1 Å². The van der Waals surface area contributed by atoms with Crippen molar-refractivity contribution >= 4 is 23.6 Å². The third kappa shape index (κ3) is 2.77. The summed E-state index contributed by atoms with van der Waals surface area (Å²) in [5.41, 5.74) is 0. The predicted octanol–water partition coefficient (Wildman–Crippen LogP) is -0.737. The average molecular weight is 293 g/mol. The Bertz CT molecular complexity index is 482. The van der Waals surface area contributed by atoms with Crippen LogP contribution in [0.15, 0.2) is 0 Å². The van der Waals surface area contributed by atoms with Gasteiger partial charge >= 0.3 is 0 Å². The SMILES string of the molecule is O=C1CN(C(=O)C2CC(=O)N(C3CCCC3)C2)CC(=O)N1. The Morgan fingerprint density at radius 3 is 2.29 bits per heavy atom. The molecule has 2 heterocycles. The summed E-state index contributed by atoms with van der Waals surface area (Å²) in [5, 5.41) is 2.17. The van der Waals surface area contributed by atoms with Crippen molar-refractivity contribution in [3.8, 4) is 0 Å². The highest BCUT2D eigenvalue weighted by atomic mass is 16.2. The number of nitrogens with zero attached hydrogens (tertiary/aromatic N) is 2. The molecule has 2 saturated heterocycles. The monoisotopic (exact) mass is 293 g/mol. The number of carbonyl (C=O) groups is 4. The van der Waals surface area contributed by atoms with E-state index in [4.69, 9.17) is 0 Å². The molecule has 1 aliphatic carbocycles. The molecular weight excluding hydrogens is 274 g/mol. The molecule has 3 fully saturated rings. The molecule has 1 unspecified atom stereocenters. The summed E-state index contributed by atoms with van der Waals surface area (Å²) in [4.78, 5) is 50.3. The fraction of sp³-hybridized carbons (Fsp3) is 0.714. The van der Waals surface area contributed by atoms with Gasteiger partial charge in [-0.3, -0.25) is 24.5 Å². The van der Waals surface area contributed by atoms with E-state index >= 15 is 0 Å². The number of nitrogens with one attached hydrogen (secondary N) is 1. The molecule has 0 bridgehead atoms. The first-order valence-electron chi connectivity index (χ1n) is 7.45. The van der Waals surface area contributed by atoms with Crippen molar-refractivity contribution in [3.63, 3.8) is 0 Å². The van der Waals surface area contributed by atoms with Crippen LogP contribution >= 0.6 is 0 Å². The van der Waals surface area contributed by atoms with Crippen LogP contribution < -0.4 is 5.32 Å². The fourth-order valence-electron chi connectivity index (χ4n) is 3.52. The number of carbonyl (C=O) groups excluding carboxylic acids is 4. The van der Waals surface area contributed by atoms with Gasteiger partial charge in [0.25, 0.3) is 0 Å². The molecule has 0 radical (unpaired) electrons. The highest BCUT2D eigenvalue weighted by Crippen LogP contribution is 2.30. The van der Waals surface area contributed by atoms with E-state index in [9.17, 15) is 19.2 Å². The van der Waals surface area contributed by atoms with E-state index in [0.29, 0.717) is 6.54 Å². The van der Waals surface area contributed by atoms with Gasteiger partial charge in [0.2, 0.25) is 23.6 Å². The summed E-state index contributed by atoms with van der Waals surface area (Å²) in [6.45, 7) is 0.228. The quantitative estimate of drug-likeness (QED) is 0.680. The molecule has 2 aliphatic heterocycles. The standard InChI is InChI=1S/C14H19N3O4/c18-11-7-16(8-12(19)15-11)14(21)9-5-13(20)17(6-9)10-3-1-2-4-10/h9-10H,1-8H2,(H,15,18,19). The Hall–Kier alpha value is -1.92. The van der Waals surface area contributed by atoms with E-state index in [2.05, 4.69) is 5.32 Å². The first kappa shape index (κ1) is 14.0. The summed E-state index contributed by atoms with van der Waals surface area (Å²) in [6, 6.07) is 0.265. The number of likely N-dealkylation sites (tertiary alicyclic amines) is 1. The number of hydrogen-bond donors (Lipinski definition) is 1.